The average molecular weight is 590 g/mol. The number of carbonyl (C=O) groups excluding carboxylic acids is 1. The Kier molecular flexibility index (Phi) is 7.20. The zero-order chi connectivity index (χ0) is 29.8. The van der Waals surface area contributed by atoms with Crippen molar-refractivity contribution in [2.45, 2.75) is 63.1 Å². The highest BCUT2D eigenvalue weighted by Gasteiger charge is 2.48. The van der Waals surface area contributed by atoms with Crippen molar-refractivity contribution in [3.05, 3.63) is 52.7 Å². The summed E-state index contributed by atoms with van der Waals surface area (Å²) in [5, 5.41) is 9.49. The van der Waals surface area contributed by atoms with Crippen LogP contribution in [0.4, 0.5) is 20.3 Å². The van der Waals surface area contributed by atoms with Crippen molar-refractivity contribution < 1.29 is 18.3 Å². The lowest BCUT2D eigenvalue weighted by molar-refractivity contribution is -0.131. The van der Waals surface area contributed by atoms with Gasteiger partial charge < -0.3 is 24.3 Å². The van der Waals surface area contributed by atoms with E-state index in [1.54, 1.807) is 6.07 Å². The van der Waals surface area contributed by atoms with Gasteiger partial charge >= 0.3 is 6.01 Å². The number of hydrogen-bond acceptors (Lipinski definition) is 8. The minimum Gasteiger partial charge on any atom is -0.462 e. The van der Waals surface area contributed by atoms with E-state index in [9.17, 15) is 18.8 Å². The van der Waals surface area contributed by atoms with Gasteiger partial charge in [0.2, 0.25) is 0 Å². The molecule has 4 atom stereocenters. The number of likely N-dealkylation sites (tertiary alicyclic amines) is 1. The van der Waals surface area contributed by atoms with Gasteiger partial charge in [0, 0.05) is 43.5 Å². The normalized spacial score (nSPS) is 26.0. The highest BCUT2D eigenvalue weighted by molar-refractivity contribution is 5.91. The molecule has 1 amide bonds. The summed E-state index contributed by atoms with van der Waals surface area (Å²) in [4.78, 5) is 30.4. The van der Waals surface area contributed by atoms with Crippen LogP contribution in [0.25, 0.3) is 0 Å². The van der Waals surface area contributed by atoms with Gasteiger partial charge in [0.15, 0.2) is 5.83 Å². The molecule has 3 fully saturated rings. The van der Waals surface area contributed by atoms with Crippen LogP contribution in [0.5, 0.6) is 6.01 Å². The number of likely N-dealkylation sites (N-methyl/N-ethyl adjacent to an activating group) is 1. The Morgan fingerprint density at radius 1 is 1.16 bits per heavy atom. The molecule has 1 aromatic carbocycles. The van der Waals surface area contributed by atoms with Crippen LogP contribution in [0.15, 0.2) is 24.5 Å². The molecule has 1 aromatic heterocycles. The molecule has 2 aliphatic carbocycles. The lowest BCUT2D eigenvalue weighted by Gasteiger charge is -2.42. The number of ether oxygens (including phenoxy) is 1. The third-order valence-corrected chi connectivity index (χ3v) is 10.1. The zero-order valence-electron chi connectivity index (χ0n) is 24.6. The minimum atomic E-state index is -1.02. The van der Waals surface area contributed by atoms with E-state index in [4.69, 9.17) is 14.7 Å². The number of carbonyl (C=O) groups is 1. The zero-order valence-corrected chi connectivity index (χ0v) is 24.6. The number of rotatable bonds is 7. The molecule has 43 heavy (non-hydrogen) atoms. The molecule has 3 aliphatic heterocycles. The summed E-state index contributed by atoms with van der Waals surface area (Å²) >= 11 is 0. The largest absolute Gasteiger partial charge is 0.462 e. The summed E-state index contributed by atoms with van der Waals surface area (Å²) in [6, 6.07) is 5.81. The quantitative estimate of drug-likeness (QED) is 0.452. The van der Waals surface area contributed by atoms with Gasteiger partial charge in [0.1, 0.15) is 18.2 Å². The first-order valence-corrected chi connectivity index (χ1v) is 15.4. The Hall–Kier alpha value is -3.78. The number of amides is 1. The van der Waals surface area contributed by atoms with E-state index >= 15 is 0 Å². The molecule has 2 aromatic rings. The Labute approximate surface area is 250 Å². The van der Waals surface area contributed by atoms with Crippen LogP contribution < -0.4 is 14.5 Å². The fourth-order valence-electron chi connectivity index (χ4n) is 7.64. The predicted molar refractivity (Wildman–Crippen MR) is 157 cm³/mol. The van der Waals surface area contributed by atoms with Crippen molar-refractivity contribution in [2.24, 2.45) is 5.92 Å². The van der Waals surface area contributed by atoms with Gasteiger partial charge in [-0.3, -0.25) is 4.79 Å². The van der Waals surface area contributed by atoms with Crippen LogP contribution in [-0.2, 0) is 24.2 Å². The SMILES string of the molecule is C=C(F)C(=O)N1CCN(c2nc(OC[C@@H]3CCCN3C)nc3c2CCN(c2ccc(F)c4c2C2CC2C4)C3)C[C@@H]1CC#N. The molecule has 0 spiro atoms. The lowest BCUT2D eigenvalue weighted by Crippen LogP contribution is -2.55. The Balaban J connectivity index is 1.20. The van der Waals surface area contributed by atoms with Crippen LogP contribution in [0.3, 0.4) is 0 Å². The molecule has 5 aliphatic rings. The maximum absolute atomic E-state index is 14.7. The number of halogens is 2. The number of aromatic nitrogens is 2. The van der Waals surface area contributed by atoms with Crippen molar-refractivity contribution in [2.75, 3.05) is 56.2 Å². The van der Waals surface area contributed by atoms with E-state index in [2.05, 4.69) is 34.4 Å². The number of piperazine rings is 1. The van der Waals surface area contributed by atoms with Crippen LogP contribution in [-0.4, -0.2) is 84.1 Å². The number of anilines is 2. The van der Waals surface area contributed by atoms with Gasteiger partial charge in [-0.1, -0.05) is 6.58 Å². The molecule has 0 bridgehead atoms. The molecular weight excluding hydrogens is 552 g/mol. The first-order chi connectivity index (χ1) is 20.8. The number of hydrogen-bond donors (Lipinski definition) is 0. The number of nitrogens with zero attached hydrogens (tertiary/aromatic N) is 7. The van der Waals surface area contributed by atoms with Crippen molar-refractivity contribution >= 4 is 17.4 Å². The second-order valence-electron chi connectivity index (χ2n) is 12.6. The molecule has 7 rings (SSSR count). The van der Waals surface area contributed by atoms with Crippen molar-refractivity contribution in [3.63, 3.8) is 0 Å². The summed E-state index contributed by atoms with van der Waals surface area (Å²) in [7, 11) is 2.10. The van der Waals surface area contributed by atoms with Gasteiger partial charge in [-0.2, -0.15) is 15.2 Å². The molecule has 2 saturated heterocycles. The standard InChI is InChI=1S/C32H37F2N7O2/c1-19(33)31(42)41-13-12-40(16-21(41)7-9-35)30-23-8-11-39(28-6-5-26(34)25-15-20-14-24(20)29(25)28)17-27(23)36-32(37-30)43-18-22-4-3-10-38(22)2/h5-6,20-22,24H,1,3-4,7-8,10-18H2,2H3/t20?,21-,22-,24?/m0/s1. The monoisotopic (exact) mass is 589 g/mol. The summed E-state index contributed by atoms with van der Waals surface area (Å²) in [5.74, 6) is -0.0989. The number of nitriles is 1. The summed E-state index contributed by atoms with van der Waals surface area (Å²) in [6.45, 7) is 7.05. The van der Waals surface area contributed by atoms with E-state index in [1.807, 2.05) is 6.07 Å². The smallest absolute Gasteiger partial charge is 0.318 e. The summed E-state index contributed by atoms with van der Waals surface area (Å²) < 4.78 is 34.7. The predicted octanol–water partition coefficient (Wildman–Crippen LogP) is 3.73. The van der Waals surface area contributed by atoms with E-state index in [0.29, 0.717) is 56.6 Å². The third-order valence-electron chi connectivity index (χ3n) is 10.1. The second kappa shape index (κ2) is 11.1. The Morgan fingerprint density at radius 2 is 2.02 bits per heavy atom. The molecule has 11 heteroatoms. The van der Waals surface area contributed by atoms with E-state index in [1.165, 1.54) is 10.5 Å². The maximum atomic E-state index is 14.7. The molecular formula is C32H37F2N7O2. The van der Waals surface area contributed by atoms with Gasteiger partial charge in [0.05, 0.1) is 30.8 Å². The van der Waals surface area contributed by atoms with Crippen LogP contribution >= 0.6 is 0 Å². The fourth-order valence-corrected chi connectivity index (χ4v) is 7.64. The van der Waals surface area contributed by atoms with Crippen molar-refractivity contribution in [1.82, 2.24) is 19.8 Å². The van der Waals surface area contributed by atoms with Crippen molar-refractivity contribution in [1.29, 1.82) is 5.26 Å². The summed E-state index contributed by atoms with van der Waals surface area (Å²) in [6.07, 6.45) is 4.94. The highest BCUT2D eigenvalue weighted by atomic mass is 19.1. The minimum absolute atomic E-state index is 0.0752. The van der Waals surface area contributed by atoms with E-state index < -0.39 is 17.8 Å². The summed E-state index contributed by atoms with van der Waals surface area (Å²) in [5.41, 5.74) is 5.06. The average Bonchev–Trinajstić information content (AvgIpc) is 3.48. The molecule has 226 valence electrons. The van der Waals surface area contributed by atoms with E-state index in [0.717, 1.165) is 67.1 Å². The van der Waals surface area contributed by atoms with Gasteiger partial charge in [-0.05, 0) is 80.8 Å². The van der Waals surface area contributed by atoms with E-state index in [-0.39, 0.29) is 18.8 Å². The molecule has 4 heterocycles. The van der Waals surface area contributed by atoms with Gasteiger partial charge in [0.25, 0.3) is 5.91 Å². The molecule has 1 saturated carbocycles. The Morgan fingerprint density at radius 3 is 2.79 bits per heavy atom. The van der Waals surface area contributed by atoms with Gasteiger partial charge in [-0.15, -0.1) is 0 Å². The molecule has 0 radical (unpaired) electrons. The van der Waals surface area contributed by atoms with Gasteiger partial charge in [-0.25, -0.2) is 8.78 Å². The Bertz CT molecular complexity index is 1510. The fraction of sp³-hybridized carbons (Fsp3) is 0.562. The number of benzene rings is 1. The third kappa shape index (κ3) is 5.09. The highest BCUT2D eigenvalue weighted by Crippen LogP contribution is 2.59. The molecule has 0 N–H and O–H groups in total. The number of fused-ring (bicyclic) bond motifs is 4. The van der Waals surface area contributed by atoms with Crippen LogP contribution in [0.2, 0.25) is 0 Å². The van der Waals surface area contributed by atoms with Crippen LogP contribution in [0.1, 0.15) is 54.0 Å². The molecule has 9 nitrogen and oxygen atoms in total. The first kappa shape index (κ1) is 28.0. The van der Waals surface area contributed by atoms with Crippen molar-refractivity contribution in [3.8, 4) is 12.1 Å². The second-order valence-corrected chi connectivity index (χ2v) is 12.6. The molecule has 2 unspecified atom stereocenters. The lowest BCUT2D eigenvalue weighted by atomic mass is 9.98. The first-order valence-electron chi connectivity index (χ1n) is 15.4. The maximum Gasteiger partial charge on any atom is 0.318 e. The van der Waals surface area contributed by atoms with Crippen LogP contribution in [0, 0.1) is 23.1 Å². The topological polar surface area (TPSA) is 88.8 Å².